The number of carboxylic acids is 1. The van der Waals surface area contributed by atoms with E-state index in [4.69, 9.17) is 5.11 Å². The zero-order valence-corrected chi connectivity index (χ0v) is 9.17. The van der Waals surface area contributed by atoms with Gasteiger partial charge in [-0.25, -0.2) is 4.79 Å². The molecule has 1 aromatic rings. The van der Waals surface area contributed by atoms with Crippen molar-refractivity contribution in [2.75, 3.05) is 0 Å². The summed E-state index contributed by atoms with van der Waals surface area (Å²) in [6, 6.07) is 1.32. The van der Waals surface area contributed by atoms with Crippen LogP contribution in [0.2, 0.25) is 0 Å². The lowest BCUT2D eigenvalue weighted by molar-refractivity contribution is -0.224. The van der Waals surface area contributed by atoms with Crippen LogP contribution in [0.25, 0.3) is 0 Å². The molecule has 0 aliphatic heterocycles. The van der Waals surface area contributed by atoms with Crippen LogP contribution >= 0.6 is 0 Å². The number of rotatable bonds is 3. The highest BCUT2D eigenvalue weighted by atomic mass is 19.4. The van der Waals surface area contributed by atoms with Crippen molar-refractivity contribution in [3.63, 3.8) is 0 Å². The molecule has 0 aliphatic carbocycles. The Hall–Kier alpha value is -2.20. The molecule has 0 spiro atoms. The highest BCUT2D eigenvalue weighted by molar-refractivity contribution is 5.90. The smallest absolute Gasteiger partial charge is 0.471 e. The SMILES string of the molecule is O=C(N[C@@](C(=O)O)(c1ccco1)C(F)(F)F)C(F)(F)F. The number of aliphatic carboxylic acids is 1. The van der Waals surface area contributed by atoms with Gasteiger partial charge in [0.15, 0.2) is 0 Å². The van der Waals surface area contributed by atoms with E-state index in [1.807, 2.05) is 0 Å². The van der Waals surface area contributed by atoms with Gasteiger partial charge in [-0.1, -0.05) is 0 Å². The van der Waals surface area contributed by atoms with E-state index in [0.29, 0.717) is 17.6 Å². The maximum Gasteiger partial charge on any atom is 0.471 e. The fourth-order valence-corrected chi connectivity index (χ4v) is 1.29. The van der Waals surface area contributed by atoms with Crippen molar-refractivity contribution in [1.29, 1.82) is 0 Å². The molecule has 11 heteroatoms. The molecule has 0 radical (unpaired) electrons. The molecule has 0 bridgehead atoms. The number of alkyl halides is 6. The summed E-state index contributed by atoms with van der Waals surface area (Å²) in [5, 5.41) is 9.11. The molecule has 1 heterocycles. The molecular weight excluding hydrogens is 300 g/mol. The predicted molar refractivity (Wildman–Crippen MR) is 48.3 cm³/mol. The maximum atomic E-state index is 12.9. The van der Waals surface area contributed by atoms with E-state index < -0.39 is 35.5 Å². The Labute approximate surface area is 106 Å². The molecule has 1 atom stereocenters. The van der Waals surface area contributed by atoms with Crippen LogP contribution in [0.3, 0.4) is 0 Å². The van der Waals surface area contributed by atoms with Gasteiger partial charge in [0.2, 0.25) is 0 Å². The first-order valence-electron chi connectivity index (χ1n) is 4.66. The molecule has 20 heavy (non-hydrogen) atoms. The Kier molecular flexibility index (Phi) is 3.74. The van der Waals surface area contributed by atoms with Crippen LogP contribution in [-0.2, 0) is 15.1 Å². The van der Waals surface area contributed by atoms with Crippen molar-refractivity contribution < 1.29 is 45.5 Å². The highest BCUT2D eigenvalue weighted by Crippen LogP contribution is 2.40. The molecule has 5 nitrogen and oxygen atoms in total. The first-order valence-corrected chi connectivity index (χ1v) is 4.66. The molecular formula is C9H5F6NO4. The lowest BCUT2D eigenvalue weighted by Gasteiger charge is -2.30. The van der Waals surface area contributed by atoms with E-state index >= 15 is 0 Å². The van der Waals surface area contributed by atoms with Crippen LogP contribution in [0.5, 0.6) is 0 Å². The minimum atomic E-state index is -5.77. The molecule has 0 aliphatic rings. The number of carbonyl (C=O) groups excluding carboxylic acids is 1. The van der Waals surface area contributed by atoms with Crippen molar-refractivity contribution in [1.82, 2.24) is 5.32 Å². The summed E-state index contributed by atoms with van der Waals surface area (Å²) in [7, 11) is 0. The van der Waals surface area contributed by atoms with Crippen molar-refractivity contribution in [2.24, 2.45) is 0 Å². The Balaban J connectivity index is 3.42. The molecule has 2 N–H and O–H groups in total. The first kappa shape index (κ1) is 15.9. The van der Waals surface area contributed by atoms with Gasteiger partial charge in [-0.15, -0.1) is 0 Å². The number of carboxylic acid groups (broad SMARTS) is 1. The van der Waals surface area contributed by atoms with Gasteiger partial charge in [0.1, 0.15) is 5.76 Å². The van der Waals surface area contributed by atoms with Crippen molar-refractivity contribution in [3.8, 4) is 0 Å². The van der Waals surface area contributed by atoms with E-state index in [1.165, 1.54) is 0 Å². The van der Waals surface area contributed by atoms with Crippen LogP contribution < -0.4 is 5.32 Å². The monoisotopic (exact) mass is 305 g/mol. The van der Waals surface area contributed by atoms with Crippen LogP contribution in [0.4, 0.5) is 26.3 Å². The molecule has 1 aromatic heterocycles. The van der Waals surface area contributed by atoms with Crippen molar-refractivity contribution >= 4 is 11.9 Å². The van der Waals surface area contributed by atoms with Gasteiger partial charge in [-0.3, -0.25) is 4.79 Å². The molecule has 0 saturated heterocycles. The second-order valence-electron chi connectivity index (χ2n) is 3.48. The summed E-state index contributed by atoms with van der Waals surface area (Å²) in [6.07, 6.45) is -10.8. The van der Waals surface area contributed by atoms with Gasteiger partial charge in [0, 0.05) is 0 Å². The van der Waals surface area contributed by atoms with Gasteiger partial charge in [0.05, 0.1) is 6.26 Å². The number of hydrogen-bond donors (Lipinski definition) is 2. The van der Waals surface area contributed by atoms with E-state index in [2.05, 4.69) is 4.42 Å². The van der Waals surface area contributed by atoms with Crippen molar-refractivity contribution in [3.05, 3.63) is 24.2 Å². The lowest BCUT2D eigenvalue weighted by atomic mass is 9.95. The Morgan fingerprint density at radius 1 is 1.15 bits per heavy atom. The molecule has 112 valence electrons. The summed E-state index contributed by atoms with van der Waals surface area (Å²) in [5.74, 6) is -7.23. The summed E-state index contributed by atoms with van der Waals surface area (Å²) < 4.78 is 79.2. The highest BCUT2D eigenvalue weighted by Gasteiger charge is 2.67. The molecule has 0 unspecified atom stereocenters. The first-order chi connectivity index (χ1) is 8.93. The quantitative estimate of drug-likeness (QED) is 0.835. The Bertz CT molecular complexity index is 505. The third-order valence-corrected chi connectivity index (χ3v) is 2.20. The minimum Gasteiger partial charge on any atom is -0.479 e. The molecule has 0 aromatic carbocycles. The van der Waals surface area contributed by atoms with Gasteiger partial charge in [-0.2, -0.15) is 26.3 Å². The van der Waals surface area contributed by atoms with Crippen LogP contribution in [0, 0.1) is 0 Å². The summed E-state index contributed by atoms with van der Waals surface area (Å²) >= 11 is 0. The van der Waals surface area contributed by atoms with Crippen LogP contribution in [-0.4, -0.2) is 29.3 Å². The van der Waals surface area contributed by atoms with E-state index in [1.54, 1.807) is 0 Å². The van der Waals surface area contributed by atoms with E-state index in [9.17, 15) is 35.9 Å². The number of furan rings is 1. The zero-order valence-electron chi connectivity index (χ0n) is 9.17. The number of hydrogen-bond acceptors (Lipinski definition) is 3. The van der Waals surface area contributed by atoms with Crippen LogP contribution in [0.15, 0.2) is 22.8 Å². The average Bonchev–Trinajstić information content (AvgIpc) is 2.74. The Morgan fingerprint density at radius 2 is 1.70 bits per heavy atom. The molecule has 0 saturated carbocycles. The Morgan fingerprint density at radius 3 is 2.00 bits per heavy atom. The normalized spacial score (nSPS) is 15.5. The predicted octanol–water partition coefficient (Wildman–Crippen LogP) is 1.80. The van der Waals surface area contributed by atoms with Gasteiger partial charge >= 0.3 is 24.2 Å². The standard InChI is InChI=1S/C9H5F6NO4/c10-8(11,12)5(17)16-7(6(18)19,9(13,14)15)4-2-1-3-20-4/h1-3H,(H,16,17)(H,18,19)/t7-/m1/s1. The summed E-state index contributed by atoms with van der Waals surface area (Å²) in [6.45, 7) is 0. The molecule has 0 fully saturated rings. The maximum absolute atomic E-state index is 12.9. The third-order valence-electron chi connectivity index (χ3n) is 2.20. The fourth-order valence-electron chi connectivity index (χ4n) is 1.29. The zero-order chi connectivity index (χ0) is 15.8. The third kappa shape index (κ3) is 2.56. The van der Waals surface area contributed by atoms with Gasteiger partial charge < -0.3 is 14.8 Å². The van der Waals surface area contributed by atoms with Crippen LogP contribution in [0.1, 0.15) is 5.76 Å². The number of carbonyl (C=O) groups is 2. The van der Waals surface area contributed by atoms with E-state index in [-0.39, 0.29) is 0 Å². The van der Waals surface area contributed by atoms with E-state index in [0.717, 1.165) is 6.07 Å². The number of amides is 1. The molecule has 1 amide bonds. The topological polar surface area (TPSA) is 79.5 Å². The van der Waals surface area contributed by atoms with Gasteiger partial charge in [-0.05, 0) is 12.1 Å². The van der Waals surface area contributed by atoms with Gasteiger partial charge in [0.25, 0.3) is 5.54 Å². The second-order valence-corrected chi connectivity index (χ2v) is 3.48. The lowest BCUT2D eigenvalue weighted by Crippen LogP contribution is -2.63. The summed E-state index contributed by atoms with van der Waals surface area (Å²) in [4.78, 5) is 21.6. The number of nitrogens with one attached hydrogen (secondary N) is 1. The van der Waals surface area contributed by atoms with Crippen molar-refractivity contribution in [2.45, 2.75) is 17.9 Å². The minimum absolute atomic E-state index is 0.430. The summed E-state index contributed by atoms with van der Waals surface area (Å²) in [5.41, 5.74) is -4.33. The fraction of sp³-hybridized carbons (Fsp3) is 0.333. The second kappa shape index (κ2) is 4.72. The molecule has 1 rings (SSSR count). The number of halogens is 6. The average molecular weight is 305 g/mol. The largest absolute Gasteiger partial charge is 0.479 e.